The molecule has 1 aromatic heterocycles. The van der Waals surface area contributed by atoms with Crippen LogP contribution in [0.5, 0.6) is 0 Å². The largest absolute Gasteiger partial charge is 0.348 e. The number of urea groups is 1. The van der Waals surface area contributed by atoms with Gasteiger partial charge in [0.05, 0.1) is 0 Å². The van der Waals surface area contributed by atoms with Gasteiger partial charge >= 0.3 is 6.03 Å². The second-order valence-corrected chi connectivity index (χ2v) is 6.02. The van der Waals surface area contributed by atoms with E-state index in [-0.39, 0.29) is 12.2 Å². The van der Waals surface area contributed by atoms with Gasteiger partial charge in [-0.3, -0.25) is 9.59 Å². The monoisotopic (exact) mass is 352 g/mol. The Bertz CT molecular complexity index is 898. The smallest absolute Gasteiger partial charge is 0.329 e. The molecule has 2 aromatic rings. The molecule has 7 heteroatoms. The summed E-state index contributed by atoms with van der Waals surface area (Å²) in [5.74, 6) is -0.949. The fourth-order valence-electron chi connectivity index (χ4n) is 2.78. The standard InChI is InChI=1S/C19H20N4O3/c1-3-22-9-5-8-15(22)11-16-18(25)23(19(26)21-16)12-17(24)20-14-7-4-6-13(2)10-14/h4-11H,3,12H2,1-2H3,(H,20,24)(H,21,26)/b16-11+. The van der Waals surface area contributed by atoms with E-state index < -0.39 is 17.8 Å². The molecule has 0 aliphatic carbocycles. The van der Waals surface area contributed by atoms with E-state index >= 15 is 0 Å². The third kappa shape index (κ3) is 3.66. The Morgan fingerprint density at radius 3 is 2.77 bits per heavy atom. The zero-order valence-electron chi connectivity index (χ0n) is 14.7. The topological polar surface area (TPSA) is 83.4 Å². The lowest BCUT2D eigenvalue weighted by Crippen LogP contribution is -2.38. The molecule has 0 atom stereocenters. The van der Waals surface area contributed by atoms with E-state index in [1.807, 2.05) is 54.9 Å². The number of benzene rings is 1. The summed E-state index contributed by atoms with van der Waals surface area (Å²) in [6.07, 6.45) is 3.50. The highest BCUT2D eigenvalue weighted by molar-refractivity contribution is 6.15. The number of hydrogen-bond donors (Lipinski definition) is 2. The summed E-state index contributed by atoms with van der Waals surface area (Å²) < 4.78 is 1.94. The van der Waals surface area contributed by atoms with Crippen molar-refractivity contribution in [2.75, 3.05) is 11.9 Å². The van der Waals surface area contributed by atoms with Gasteiger partial charge in [-0.25, -0.2) is 9.69 Å². The number of rotatable bonds is 5. The molecule has 1 fully saturated rings. The summed E-state index contributed by atoms with van der Waals surface area (Å²) in [6, 6.07) is 10.4. The molecule has 2 heterocycles. The molecule has 7 nitrogen and oxygen atoms in total. The first kappa shape index (κ1) is 17.5. The van der Waals surface area contributed by atoms with Crippen molar-refractivity contribution in [2.24, 2.45) is 0 Å². The summed E-state index contributed by atoms with van der Waals surface area (Å²) in [5.41, 5.74) is 2.59. The molecule has 0 spiro atoms. The molecular formula is C19H20N4O3. The predicted octanol–water partition coefficient (Wildman–Crippen LogP) is 2.35. The zero-order chi connectivity index (χ0) is 18.7. The molecule has 1 aliphatic rings. The normalized spacial score (nSPS) is 15.5. The summed E-state index contributed by atoms with van der Waals surface area (Å²) in [5, 5.41) is 5.22. The van der Waals surface area contributed by atoms with Crippen LogP contribution in [0.3, 0.4) is 0 Å². The molecule has 1 aromatic carbocycles. The quantitative estimate of drug-likeness (QED) is 0.640. The van der Waals surface area contributed by atoms with Gasteiger partial charge < -0.3 is 15.2 Å². The Morgan fingerprint density at radius 2 is 2.04 bits per heavy atom. The maximum Gasteiger partial charge on any atom is 0.329 e. The van der Waals surface area contributed by atoms with Gasteiger partial charge in [0.2, 0.25) is 5.91 Å². The van der Waals surface area contributed by atoms with Crippen LogP contribution in [0.25, 0.3) is 6.08 Å². The first-order chi connectivity index (χ1) is 12.5. The second-order valence-electron chi connectivity index (χ2n) is 6.02. The van der Waals surface area contributed by atoms with E-state index in [1.54, 1.807) is 12.1 Å². The Kier molecular flexibility index (Phi) is 4.88. The van der Waals surface area contributed by atoms with Crippen molar-refractivity contribution in [1.82, 2.24) is 14.8 Å². The summed E-state index contributed by atoms with van der Waals surface area (Å²) >= 11 is 0. The summed E-state index contributed by atoms with van der Waals surface area (Å²) in [6.45, 7) is 4.30. The van der Waals surface area contributed by atoms with Crippen LogP contribution in [-0.4, -0.2) is 33.9 Å². The molecule has 0 bridgehead atoms. The Labute approximate surface area is 151 Å². The number of anilines is 1. The molecule has 4 amide bonds. The van der Waals surface area contributed by atoms with Crippen LogP contribution in [0, 0.1) is 6.92 Å². The van der Waals surface area contributed by atoms with Gasteiger partial charge in [-0.2, -0.15) is 0 Å². The minimum atomic E-state index is -0.602. The zero-order valence-corrected chi connectivity index (χ0v) is 14.7. The molecule has 1 aliphatic heterocycles. The number of carbonyl (C=O) groups excluding carboxylic acids is 3. The number of amides is 4. The van der Waals surface area contributed by atoms with Crippen molar-refractivity contribution in [1.29, 1.82) is 0 Å². The van der Waals surface area contributed by atoms with Crippen LogP contribution in [0.2, 0.25) is 0 Å². The summed E-state index contributed by atoms with van der Waals surface area (Å²) in [4.78, 5) is 37.6. The molecule has 0 saturated carbocycles. The van der Waals surface area contributed by atoms with E-state index in [0.717, 1.165) is 22.7 Å². The second kappa shape index (κ2) is 7.26. The molecule has 2 N–H and O–H groups in total. The summed E-state index contributed by atoms with van der Waals surface area (Å²) in [7, 11) is 0. The number of aromatic nitrogens is 1. The highest BCUT2D eigenvalue weighted by Gasteiger charge is 2.35. The van der Waals surface area contributed by atoms with Gasteiger partial charge in [0.15, 0.2) is 0 Å². The molecule has 134 valence electrons. The van der Waals surface area contributed by atoms with Crippen LogP contribution < -0.4 is 10.6 Å². The number of aryl methyl sites for hydroxylation is 2. The third-order valence-electron chi connectivity index (χ3n) is 4.06. The fraction of sp³-hybridized carbons (Fsp3) is 0.211. The maximum absolute atomic E-state index is 12.5. The van der Waals surface area contributed by atoms with Gasteiger partial charge in [-0.05, 0) is 49.8 Å². The van der Waals surface area contributed by atoms with Crippen molar-refractivity contribution < 1.29 is 14.4 Å². The van der Waals surface area contributed by atoms with Gasteiger partial charge in [-0.1, -0.05) is 12.1 Å². The van der Waals surface area contributed by atoms with Crippen LogP contribution in [0.15, 0.2) is 48.3 Å². The SMILES string of the molecule is CCn1cccc1/C=C1/NC(=O)N(CC(=O)Nc2cccc(C)c2)C1=O. The lowest BCUT2D eigenvalue weighted by molar-refractivity contribution is -0.127. The Morgan fingerprint density at radius 1 is 1.23 bits per heavy atom. The molecule has 26 heavy (non-hydrogen) atoms. The lowest BCUT2D eigenvalue weighted by atomic mass is 10.2. The van der Waals surface area contributed by atoms with Crippen molar-refractivity contribution >= 4 is 29.6 Å². The van der Waals surface area contributed by atoms with Crippen LogP contribution in [-0.2, 0) is 16.1 Å². The van der Waals surface area contributed by atoms with Gasteiger partial charge in [0.1, 0.15) is 12.2 Å². The lowest BCUT2D eigenvalue weighted by Gasteiger charge is -2.12. The molecule has 0 unspecified atom stereocenters. The van der Waals surface area contributed by atoms with E-state index in [9.17, 15) is 14.4 Å². The van der Waals surface area contributed by atoms with Crippen molar-refractivity contribution in [3.05, 3.63) is 59.5 Å². The van der Waals surface area contributed by atoms with Gasteiger partial charge in [0.25, 0.3) is 5.91 Å². The first-order valence-electron chi connectivity index (χ1n) is 8.34. The van der Waals surface area contributed by atoms with Crippen LogP contribution in [0.4, 0.5) is 10.5 Å². The highest BCUT2D eigenvalue weighted by atomic mass is 16.2. The number of imide groups is 1. The fourth-order valence-corrected chi connectivity index (χ4v) is 2.78. The molecule has 3 rings (SSSR count). The van der Waals surface area contributed by atoms with E-state index in [0.29, 0.717) is 5.69 Å². The highest BCUT2D eigenvalue weighted by Crippen LogP contribution is 2.15. The van der Waals surface area contributed by atoms with Crippen molar-refractivity contribution in [2.45, 2.75) is 20.4 Å². The van der Waals surface area contributed by atoms with Gasteiger partial charge in [-0.15, -0.1) is 0 Å². The molecule has 1 saturated heterocycles. The average molecular weight is 352 g/mol. The average Bonchev–Trinajstić information content (AvgIpc) is 3.15. The molecule has 0 radical (unpaired) electrons. The van der Waals surface area contributed by atoms with Crippen LogP contribution >= 0.6 is 0 Å². The van der Waals surface area contributed by atoms with Crippen molar-refractivity contribution in [3.8, 4) is 0 Å². The Hall–Kier alpha value is -3.35. The maximum atomic E-state index is 12.5. The minimum absolute atomic E-state index is 0.159. The van der Waals surface area contributed by atoms with E-state index in [4.69, 9.17) is 0 Å². The first-order valence-corrected chi connectivity index (χ1v) is 8.34. The van der Waals surface area contributed by atoms with Crippen molar-refractivity contribution in [3.63, 3.8) is 0 Å². The van der Waals surface area contributed by atoms with Crippen LogP contribution in [0.1, 0.15) is 18.2 Å². The van der Waals surface area contributed by atoms with E-state index in [1.165, 1.54) is 0 Å². The minimum Gasteiger partial charge on any atom is -0.348 e. The number of nitrogens with zero attached hydrogens (tertiary/aromatic N) is 2. The number of nitrogens with one attached hydrogen (secondary N) is 2. The van der Waals surface area contributed by atoms with E-state index in [2.05, 4.69) is 10.6 Å². The number of carbonyl (C=O) groups is 3. The third-order valence-corrected chi connectivity index (χ3v) is 4.06. The predicted molar refractivity (Wildman–Crippen MR) is 98.1 cm³/mol. The number of hydrogen-bond acceptors (Lipinski definition) is 3. The van der Waals surface area contributed by atoms with Gasteiger partial charge in [0, 0.05) is 24.1 Å². The molecular weight excluding hydrogens is 332 g/mol. The Balaban J connectivity index is 1.70.